The van der Waals surface area contributed by atoms with Crippen LogP contribution in [0.5, 0.6) is 5.75 Å². The summed E-state index contributed by atoms with van der Waals surface area (Å²) in [5.41, 5.74) is 0.495. The van der Waals surface area contributed by atoms with Crippen molar-refractivity contribution in [3.63, 3.8) is 0 Å². The van der Waals surface area contributed by atoms with Crippen LogP contribution in [0, 0.1) is 11.6 Å². The van der Waals surface area contributed by atoms with E-state index in [1.165, 1.54) is 54.6 Å². The van der Waals surface area contributed by atoms with E-state index in [1.807, 2.05) is 0 Å². The number of hydrogen-bond donors (Lipinski definition) is 1. The molecule has 2 aliphatic heterocycles. The molecule has 5 nitrogen and oxygen atoms in total. The molecule has 2 heterocycles. The second-order valence-electron chi connectivity index (χ2n) is 8.67. The Kier molecular flexibility index (Phi) is 5.88. The summed E-state index contributed by atoms with van der Waals surface area (Å²) in [6.45, 7) is 1.58. The first kappa shape index (κ1) is 24.7. The standard InChI is InChI=1S/C26H19F6N3O2/c1-2-14-11-19(12-21-23(14)37-26(31,32)25(21,29)30)33-24(36)35-13-20(15-3-7-17(27)8-4-15)22(34-35)16-5-9-18(28)10-6-16/h3-12,20H,2,13H2,1H3,(H,33,36). The minimum atomic E-state index is -4.71. The Labute approximate surface area is 207 Å². The van der Waals surface area contributed by atoms with Crippen molar-refractivity contribution in [2.75, 3.05) is 11.9 Å². The molecule has 3 aromatic carbocycles. The van der Waals surface area contributed by atoms with E-state index < -0.39 is 46.9 Å². The number of aryl methyl sites for hydroxylation is 1. The van der Waals surface area contributed by atoms with Crippen molar-refractivity contribution in [2.24, 2.45) is 5.10 Å². The van der Waals surface area contributed by atoms with Gasteiger partial charge >= 0.3 is 18.1 Å². The van der Waals surface area contributed by atoms with Crippen LogP contribution in [0.1, 0.15) is 35.1 Å². The van der Waals surface area contributed by atoms with Crippen LogP contribution in [0.3, 0.4) is 0 Å². The number of carbonyl (C=O) groups excluding carboxylic acids is 1. The van der Waals surface area contributed by atoms with Crippen LogP contribution in [0.4, 0.5) is 36.8 Å². The third-order valence-electron chi connectivity index (χ3n) is 6.29. The number of nitrogens with zero attached hydrogens (tertiary/aromatic N) is 2. The van der Waals surface area contributed by atoms with Crippen molar-refractivity contribution in [2.45, 2.75) is 31.3 Å². The van der Waals surface area contributed by atoms with E-state index in [0.717, 1.165) is 11.1 Å². The summed E-state index contributed by atoms with van der Waals surface area (Å²) in [4.78, 5) is 13.1. The molecule has 2 amide bonds. The van der Waals surface area contributed by atoms with Gasteiger partial charge in [0, 0.05) is 11.6 Å². The lowest BCUT2D eigenvalue weighted by Crippen LogP contribution is -2.37. The van der Waals surface area contributed by atoms with E-state index in [2.05, 4.69) is 15.2 Å². The van der Waals surface area contributed by atoms with E-state index in [-0.39, 0.29) is 24.2 Å². The molecule has 37 heavy (non-hydrogen) atoms. The summed E-state index contributed by atoms with van der Waals surface area (Å²) in [7, 11) is 0. The quantitative estimate of drug-likeness (QED) is 0.393. The number of urea groups is 1. The van der Waals surface area contributed by atoms with Crippen LogP contribution in [0.2, 0.25) is 0 Å². The molecule has 1 atom stereocenters. The zero-order valence-corrected chi connectivity index (χ0v) is 19.2. The molecule has 0 saturated carbocycles. The van der Waals surface area contributed by atoms with Crippen LogP contribution in [-0.2, 0) is 12.3 Å². The Morgan fingerprint density at radius 3 is 2.27 bits per heavy atom. The van der Waals surface area contributed by atoms with Crippen molar-refractivity contribution in [1.82, 2.24) is 5.01 Å². The normalized spacial score (nSPS) is 19.3. The molecule has 2 aliphatic rings. The van der Waals surface area contributed by atoms with Crippen molar-refractivity contribution in [1.29, 1.82) is 0 Å². The van der Waals surface area contributed by atoms with Gasteiger partial charge in [0.05, 0.1) is 17.8 Å². The van der Waals surface area contributed by atoms with Crippen molar-refractivity contribution in [3.05, 3.63) is 94.6 Å². The van der Waals surface area contributed by atoms with Crippen molar-refractivity contribution < 1.29 is 35.9 Å². The van der Waals surface area contributed by atoms with Gasteiger partial charge in [-0.1, -0.05) is 31.2 Å². The average molecular weight is 519 g/mol. The van der Waals surface area contributed by atoms with E-state index >= 15 is 0 Å². The monoisotopic (exact) mass is 519 g/mol. The fourth-order valence-electron chi connectivity index (χ4n) is 4.38. The number of ether oxygens (including phenoxy) is 1. The molecule has 0 radical (unpaired) electrons. The van der Waals surface area contributed by atoms with E-state index in [4.69, 9.17) is 0 Å². The van der Waals surface area contributed by atoms with Gasteiger partial charge in [-0.15, -0.1) is 0 Å². The first-order valence-corrected chi connectivity index (χ1v) is 11.3. The number of anilines is 1. The summed E-state index contributed by atoms with van der Waals surface area (Å²) in [5, 5.41) is 7.85. The molecule has 0 saturated heterocycles. The molecule has 11 heteroatoms. The second kappa shape index (κ2) is 8.82. The number of rotatable bonds is 4. The topological polar surface area (TPSA) is 53.9 Å². The minimum absolute atomic E-state index is 0.00704. The van der Waals surface area contributed by atoms with Crippen molar-refractivity contribution in [3.8, 4) is 5.75 Å². The zero-order valence-electron chi connectivity index (χ0n) is 19.2. The minimum Gasteiger partial charge on any atom is -0.427 e. The molecule has 1 N–H and O–H groups in total. The number of amides is 2. The summed E-state index contributed by atoms with van der Waals surface area (Å²) in [5.74, 6) is -6.61. The SMILES string of the molecule is CCc1cc(NC(=O)N2CC(c3ccc(F)cc3)C(c3ccc(F)cc3)=N2)cc2c1OC(F)(F)C2(F)F. The van der Waals surface area contributed by atoms with Crippen LogP contribution >= 0.6 is 0 Å². The fraction of sp³-hybridized carbons (Fsp3) is 0.231. The molecule has 0 fully saturated rings. The molecule has 3 aromatic rings. The zero-order chi connectivity index (χ0) is 26.5. The first-order valence-electron chi connectivity index (χ1n) is 11.3. The molecule has 192 valence electrons. The van der Waals surface area contributed by atoms with Crippen LogP contribution in [-0.4, -0.2) is 29.4 Å². The van der Waals surface area contributed by atoms with Gasteiger partial charge in [0.1, 0.15) is 17.4 Å². The third kappa shape index (κ3) is 4.28. The summed E-state index contributed by atoms with van der Waals surface area (Å²) in [6.07, 6.45) is -4.62. The lowest BCUT2D eigenvalue weighted by molar-refractivity contribution is -0.296. The number of carbonyl (C=O) groups is 1. The van der Waals surface area contributed by atoms with Gasteiger partial charge in [-0.2, -0.15) is 22.7 Å². The number of halogens is 6. The van der Waals surface area contributed by atoms with Gasteiger partial charge in [0.15, 0.2) is 0 Å². The number of nitrogens with one attached hydrogen (secondary N) is 1. The summed E-state index contributed by atoms with van der Waals surface area (Å²) < 4.78 is 87.4. The third-order valence-corrected chi connectivity index (χ3v) is 6.29. The highest BCUT2D eigenvalue weighted by molar-refractivity contribution is 6.07. The molecule has 0 aliphatic carbocycles. The van der Waals surface area contributed by atoms with Crippen LogP contribution in [0.25, 0.3) is 0 Å². The van der Waals surface area contributed by atoms with Crippen LogP contribution < -0.4 is 10.1 Å². The highest BCUT2D eigenvalue weighted by Gasteiger charge is 2.67. The number of fused-ring (bicyclic) bond motifs is 1. The maximum absolute atomic E-state index is 14.3. The van der Waals surface area contributed by atoms with Gasteiger partial charge in [0.25, 0.3) is 0 Å². The Hall–Kier alpha value is -4.02. The molecule has 1 unspecified atom stereocenters. The maximum Gasteiger partial charge on any atom is 0.469 e. The highest BCUT2D eigenvalue weighted by atomic mass is 19.3. The number of hydrogen-bond acceptors (Lipinski definition) is 3. The predicted octanol–water partition coefficient (Wildman–Crippen LogP) is 6.64. The summed E-state index contributed by atoms with van der Waals surface area (Å²) in [6, 6.07) is 12.3. The maximum atomic E-state index is 14.3. The van der Waals surface area contributed by atoms with Gasteiger partial charge < -0.3 is 10.1 Å². The Morgan fingerprint density at radius 1 is 1.03 bits per heavy atom. The molecular weight excluding hydrogens is 500 g/mol. The molecule has 0 spiro atoms. The van der Waals surface area contributed by atoms with Crippen LogP contribution in [0.15, 0.2) is 65.8 Å². The Bertz CT molecular complexity index is 1390. The molecular formula is C26H19F6N3O2. The van der Waals surface area contributed by atoms with Gasteiger partial charge in [-0.05, 0) is 59.5 Å². The molecule has 5 rings (SSSR count). The number of hydrazone groups is 1. The van der Waals surface area contributed by atoms with Gasteiger partial charge in [0.2, 0.25) is 0 Å². The van der Waals surface area contributed by atoms with Gasteiger partial charge in [-0.3, -0.25) is 0 Å². The Morgan fingerprint density at radius 2 is 1.65 bits per heavy atom. The summed E-state index contributed by atoms with van der Waals surface area (Å²) >= 11 is 0. The number of benzene rings is 3. The smallest absolute Gasteiger partial charge is 0.427 e. The largest absolute Gasteiger partial charge is 0.469 e. The Balaban J connectivity index is 1.46. The highest BCUT2D eigenvalue weighted by Crippen LogP contribution is 2.55. The lowest BCUT2D eigenvalue weighted by Gasteiger charge is -2.17. The fourth-order valence-corrected chi connectivity index (χ4v) is 4.38. The molecule has 0 aromatic heterocycles. The first-order chi connectivity index (χ1) is 17.5. The number of alkyl halides is 4. The average Bonchev–Trinajstić information content (AvgIpc) is 3.37. The predicted molar refractivity (Wildman–Crippen MR) is 123 cm³/mol. The van der Waals surface area contributed by atoms with Crippen molar-refractivity contribution >= 4 is 17.4 Å². The van der Waals surface area contributed by atoms with Gasteiger partial charge in [-0.25, -0.2) is 18.6 Å². The van der Waals surface area contributed by atoms with E-state index in [1.54, 1.807) is 6.92 Å². The van der Waals surface area contributed by atoms with E-state index in [9.17, 15) is 31.1 Å². The van der Waals surface area contributed by atoms with E-state index in [0.29, 0.717) is 16.8 Å². The lowest BCUT2D eigenvalue weighted by atomic mass is 9.90. The molecule has 0 bridgehead atoms. The second-order valence-corrected chi connectivity index (χ2v) is 8.67.